The summed E-state index contributed by atoms with van der Waals surface area (Å²) in [6.45, 7) is 8.99. The molecule has 0 radical (unpaired) electrons. The lowest BCUT2D eigenvalue weighted by atomic mass is 10.1. The number of nitrogens with one attached hydrogen (secondary N) is 1. The molecule has 0 aliphatic rings. The van der Waals surface area contributed by atoms with E-state index < -0.39 is 12.0 Å². The summed E-state index contributed by atoms with van der Waals surface area (Å²) in [5.74, 6) is -0.866. The van der Waals surface area contributed by atoms with Gasteiger partial charge in [0, 0.05) is 20.2 Å². The first-order valence-corrected chi connectivity index (χ1v) is 6.56. The molecule has 0 heterocycles. The van der Waals surface area contributed by atoms with Crippen LogP contribution in [0.5, 0.6) is 0 Å². The lowest BCUT2D eigenvalue weighted by Gasteiger charge is -2.27. The average Bonchev–Trinajstić information content (AvgIpc) is 2.29. The molecule has 2 amide bonds. The van der Waals surface area contributed by atoms with Crippen molar-refractivity contribution in [3.63, 3.8) is 0 Å². The van der Waals surface area contributed by atoms with E-state index in [1.165, 1.54) is 0 Å². The first kappa shape index (κ1) is 17.7. The number of nitrogens with zero attached hydrogens (tertiary/aromatic N) is 1. The fraction of sp³-hybridized carbons (Fsp3) is 0.846. The van der Waals surface area contributed by atoms with Crippen LogP contribution >= 0.6 is 0 Å². The van der Waals surface area contributed by atoms with Gasteiger partial charge in [0.25, 0.3) is 0 Å². The number of urea groups is 1. The van der Waals surface area contributed by atoms with Gasteiger partial charge in [0.1, 0.15) is 6.04 Å². The topological polar surface area (TPSA) is 78.9 Å². The molecule has 6 heteroatoms. The van der Waals surface area contributed by atoms with Gasteiger partial charge < -0.3 is 20.1 Å². The Morgan fingerprint density at radius 3 is 2.21 bits per heavy atom. The number of rotatable bonds is 8. The minimum absolute atomic E-state index is 0.162. The number of ether oxygens (including phenoxy) is 1. The van der Waals surface area contributed by atoms with Gasteiger partial charge in [-0.05, 0) is 11.8 Å². The number of hydrogen-bond acceptors (Lipinski definition) is 3. The zero-order valence-electron chi connectivity index (χ0n) is 12.5. The fourth-order valence-electron chi connectivity index (χ4n) is 1.66. The van der Waals surface area contributed by atoms with Crippen LogP contribution in [0, 0.1) is 11.8 Å². The number of carboxylic acid groups (broad SMARTS) is 1. The number of carboxylic acids is 1. The summed E-state index contributed by atoms with van der Waals surface area (Å²) in [5.41, 5.74) is 0. The van der Waals surface area contributed by atoms with Crippen LogP contribution in [0.1, 0.15) is 27.7 Å². The van der Waals surface area contributed by atoms with Crippen molar-refractivity contribution < 1.29 is 19.4 Å². The number of methoxy groups -OCH3 is 1. The van der Waals surface area contributed by atoms with Crippen molar-refractivity contribution in [2.75, 3.05) is 26.8 Å². The van der Waals surface area contributed by atoms with E-state index in [-0.39, 0.29) is 11.9 Å². The third-order valence-corrected chi connectivity index (χ3v) is 2.65. The SMILES string of the molecule is COCCN(CC(C)C)C(=O)NC(C(=O)O)C(C)C. The molecule has 0 spiro atoms. The summed E-state index contributed by atoms with van der Waals surface area (Å²) in [7, 11) is 1.57. The zero-order chi connectivity index (χ0) is 15.0. The van der Waals surface area contributed by atoms with Crippen molar-refractivity contribution in [1.82, 2.24) is 10.2 Å². The summed E-state index contributed by atoms with van der Waals surface area (Å²) in [5, 5.41) is 11.6. The van der Waals surface area contributed by atoms with Gasteiger partial charge in [-0.25, -0.2) is 9.59 Å². The standard InChI is InChI=1S/C13H26N2O4/c1-9(2)8-15(6-7-19-5)13(18)14-11(10(3)4)12(16)17/h9-11H,6-8H2,1-5H3,(H,14,18)(H,16,17). The molecular formula is C13H26N2O4. The van der Waals surface area contributed by atoms with Gasteiger partial charge in [-0.15, -0.1) is 0 Å². The Hall–Kier alpha value is -1.30. The predicted molar refractivity (Wildman–Crippen MR) is 73.1 cm³/mol. The lowest BCUT2D eigenvalue weighted by Crippen LogP contribution is -2.51. The molecule has 0 aliphatic heterocycles. The number of carbonyl (C=O) groups excluding carboxylic acids is 1. The third kappa shape index (κ3) is 7.00. The van der Waals surface area contributed by atoms with E-state index in [2.05, 4.69) is 5.32 Å². The second-order valence-electron chi connectivity index (χ2n) is 5.34. The Kier molecular flexibility index (Phi) is 8.14. The van der Waals surface area contributed by atoms with Gasteiger partial charge in [-0.2, -0.15) is 0 Å². The van der Waals surface area contributed by atoms with Crippen LogP contribution in [0.15, 0.2) is 0 Å². The number of carbonyl (C=O) groups is 2. The molecule has 0 aromatic heterocycles. The summed E-state index contributed by atoms with van der Waals surface area (Å²) in [6, 6.07) is -1.23. The fourth-order valence-corrected chi connectivity index (χ4v) is 1.66. The highest BCUT2D eigenvalue weighted by Crippen LogP contribution is 2.05. The molecule has 2 N–H and O–H groups in total. The van der Waals surface area contributed by atoms with E-state index in [1.807, 2.05) is 13.8 Å². The van der Waals surface area contributed by atoms with Crippen molar-refractivity contribution in [3.05, 3.63) is 0 Å². The maximum absolute atomic E-state index is 12.1. The number of amides is 2. The van der Waals surface area contributed by atoms with Crippen LogP contribution in [-0.4, -0.2) is 54.9 Å². The molecule has 0 saturated carbocycles. The molecule has 6 nitrogen and oxygen atoms in total. The van der Waals surface area contributed by atoms with Gasteiger partial charge in [-0.3, -0.25) is 0 Å². The smallest absolute Gasteiger partial charge is 0.326 e. The Labute approximate surface area is 115 Å². The predicted octanol–water partition coefficient (Wildman–Crippen LogP) is 1.41. The van der Waals surface area contributed by atoms with Crippen molar-refractivity contribution in [2.24, 2.45) is 11.8 Å². The summed E-state index contributed by atoms with van der Waals surface area (Å²) < 4.78 is 4.97. The van der Waals surface area contributed by atoms with Crippen LogP contribution in [0.25, 0.3) is 0 Å². The lowest BCUT2D eigenvalue weighted by molar-refractivity contribution is -0.140. The van der Waals surface area contributed by atoms with Gasteiger partial charge >= 0.3 is 12.0 Å². The molecule has 0 bridgehead atoms. The zero-order valence-corrected chi connectivity index (χ0v) is 12.5. The molecule has 19 heavy (non-hydrogen) atoms. The molecule has 0 aliphatic carbocycles. The Morgan fingerprint density at radius 1 is 1.26 bits per heavy atom. The molecule has 112 valence electrons. The van der Waals surface area contributed by atoms with Gasteiger partial charge in [0.15, 0.2) is 0 Å². The Bertz CT molecular complexity index is 292. The first-order chi connectivity index (χ1) is 8.79. The van der Waals surface area contributed by atoms with Crippen molar-refractivity contribution in [3.8, 4) is 0 Å². The van der Waals surface area contributed by atoms with Gasteiger partial charge in [0.2, 0.25) is 0 Å². The number of hydrogen-bond donors (Lipinski definition) is 2. The van der Waals surface area contributed by atoms with Crippen molar-refractivity contribution in [1.29, 1.82) is 0 Å². The molecule has 0 rings (SSSR count). The second-order valence-corrected chi connectivity index (χ2v) is 5.34. The van der Waals surface area contributed by atoms with Crippen LogP contribution in [-0.2, 0) is 9.53 Å². The molecule has 0 fully saturated rings. The average molecular weight is 274 g/mol. The van der Waals surface area contributed by atoms with E-state index in [9.17, 15) is 9.59 Å². The van der Waals surface area contributed by atoms with Crippen LogP contribution in [0.3, 0.4) is 0 Å². The Morgan fingerprint density at radius 2 is 1.84 bits per heavy atom. The molecular weight excluding hydrogens is 248 g/mol. The second kappa shape index (κ2) is 8.74. The van der Waals surface area contributed by atoms with Crippen LogP contribution < -0.4 is 5.32 Å². The van der Waals surface area contributed by atoms with E-state index in [0.717, 1.165) is 0 Å². The maximum Gasteiger partial charge on any atom is 0.326 e. The molecule has 0 aromatic rings. The minimum Gasteiger partial charge on any atom is -0.480 e. The Balaban J connectivity index is 4.64. The van der Waals surface area contributed by atoms with Crippen molar-refractivity contribution >= 4 is 12.0 Å². The largest absolute Gasteiger partial charge is 0.480 e. The normalized spacial score (nSPS) is 12.6. The summed E-state index contributed by atoms with van der Waals surface area (Å²) >= 11 is 0. The highest BCUT2D eigenvalue weighted by molar-refractivity contribution is 5.82. The molecule has 1 unspecified atom stereocenters. The highest BCUT2D eigenvalue weighted by Gasteiger charge is 2.26. The van der Waals surface area contributed by atoms with E-state index in [1.54, 1.807) is 25.9 Å². The van der Waals surface area contributed by atoms with E-state index in [4.69, 9.17) is 9.84 Å². The van der Waals surface area contributed by atoms with Crippen molar-refractivity contribution in [2.45, 2.75) is 33.7 Å². The van der Waals surface area contributed by atoms with E-state index in [0.29, 0.717) is 25.6 Å². The van der Waals surface area contributed by atoms with Crippen LogP contribution in [0.4, 0.5) is 4.79 Å². The van der Waals surface area contributed by atoms with Crippen LogP contribution in [0.2, 0.25) is 0 Å². The number of aliphatic carboxylic acids is 1. The van der Waals surface area contributed by atoms with Gasteiger partial charge in [0.05, 0.1) is 6.61 Å². The third-order valence-electron chi connectivity index (χ3n) is 2.65. The first-order valence-electron chi connectivity index (χ1n) is 6.56. The van der Waals surface area contributed by atoms with Gasteiger partial charge in [-0.1, -0.05) is 27.7 Å². The monoisotopic (exact) mass is 274 g/mol. The minimum atomic E-state index is -1.01. The molecule has 0 saturated heterocycles. The summed E-state index contributed by atoms with van der Waals surface area (Å²) in [6.07, 6.45) is 0. The summed E-state index contributed by atoms with van der Waals surface area (Å²) in [4.78, 5) is 24.8. The highest BCUT2D eigenvalue weighted by atomic mass is 16.5. The maximum atomic E-state index is 12.1. The molecule has 0 aromatic carbocycles. The molecule has 1 atom stereocenters. The van der Waals surface area contributed by atoms with E-state index >= 15 is 0 Å². The quantitative estimate of drug-likeness (QED) is 0.701.